The topological polar surface area (TPSA) is 0 Å². The second kappa shape index (κ2) is 11.9. The van der Waals surface area contributed by atoms with E-state index in [1.165, 1.54) is 6.08 Å². The Morgan fingerprint density at radius 2 is 1.60 bits per heavy atom. The van der Waals surface area contributed by atoms with Crippen molar-refractivity contribution in [3.63, 3.8) is 0 Å². The van der Waals surface area contributed by atoms with Gasteiger partial charge < -0.3 is 0 Å². The molecule has 10 heavy (non-hydrogen) atoms. The van der Waals surface area contributed by atoms with Crippen molar-refractivity contribution in [2.75, 3.05) is 0 Å². The smallest absolute Gasteiger partial charge is 0 e. The zero-order chi connectivity index (χ0) is 6.95. The first-order valence-electron chi connectivity index (χ1n) is 2.73. The van der Waals surface area contributed by atoms with Crippen molar-refractivity contribution in [2.45, 2.75) is 0 Å². The summed E-state index contributed by atoms with van der Waals surface area (Å²) in [7, 11) is 0. The summed E-state index contributed by atoms with van der Waals surface area (Å²) in [5.41, 5.74) is 0. The molecule has 0 unspecified atom stereocenters. The molecular formula is C9H10Ce-2. The minimum Gasteiger partial charge on any atom is -0.245 e. The molecule has 0 amide bonds. The molecule has 0 radical (unpaired) electrons. The van der Waals surface area contributed by atoms with Crippen LogP contribution in [0.25, 0.3) is 0 Å². The van der Waals surface area contributed by atoms with Gasteiger partial charge in [0, 0.05) is 41.7 Å². The van der Waals surface area contributed by atoms with E-state index in [4.69, 9.17) is 0 Å². The molecule has 0 N–H and O–H groups in total. The molecule has 0 atom stereocenters. The van der Waals surface area contributed by atoms with Crippen LogP contribution < -0.4 is 0 Å². The Hall–Kier alpha value is 0.207. The van der Waals surface area contributed by atoms with Crippen LogP contribution in [0, 0.1) is 54.7 Å². The first-order valence-corrected chi connectivity index (χ1v) is 2.73. The van der Waals surface area contributed by atoms with Crippen LogP contribution in [0.3, 0.4) is 0 Å². The minimum absolute atomic E-state index is 0. The Morgan fingerprint density at radius 3 is 1.70 bits per heavy atom. The molecule has 0 fully saturated rings. The fourth-order valence-electron chi connectivity index (χ4n) is 0.342. The van der Waals surface area contributed by atoms with Crippen molar-refractivity contribution in [3.8, 4) is 0 Å². The fraction of sp³-hybridized carbons (Fsp3) is 0. The third-order valence-electron chi connectivity index (χ3n) is 0.607. The quantitative estimate of drug-likeness (QED) is 0.627. The maximum Gasteiger partial charge on any atom is 0 e. The van der Waals surface area contributed by atoms with E-state index in [1.807, 2.05) is 30.3 Å². The second-order valence-corrected chi connectivity index (χ2v) is 1.37. The standard InChI is InChI=1S/C6H5.C3H5.Ce/c1-2-4-6-5-3-1;1-3-2;/h1-5H;3H,1-2H2;/q2*-1;. The number of hydrogen-bond acceptors (Lipinski definition) is 0. The van der Waals surface area contributed by atoms with Gasteiger partial charge in [-0.3, -0.25) is 0 Å². The van der Waals surface area contributed by atoms with Crippen LogP contribution in [-0.2, 0) is 0 Å². The van der Waals surface area contributed by atoms with Crippen LogP contribution in [0.15, 0.2) is 43.0 Å². The van der Waals surface area contributed by atoms with Gasteiger partial charge in [-0.05, 0) is 0 Å². The van der Waals surface area contributed by atoms with Crippen molar-refractivity contribution < 1.29 is 41.7 Å². The zero-order valence-electron chi connectivity index (χ0n) is 5.88. The molecule has 1 heteroatoms. The molecule has 0 aliphatic carbocycles. The molecule has 52 valence electrons. The van der Waals surface area contributed by atoms with Crippen molar-refractivity contribution in [1.29, 1.82) is 0 Å². The summed E-state index contributed by atoms with van der Waals surface area (Å²) in [6, 6.07) is 12.5. The first-order chi connectivity index (χ1) is 4.41. The van der Waals surface area contributed by atoms with Crippen LogP contribution in [0.2, 0.25) is 0 Å². The van der Waals surface area contributed by atoms with Gasteiger partial charge in [0.05, 0.1) is 0 Å². The summed E-state index contributed by atoms with van der Waals surface area (Å²) in [5.74, 6) is 0. The minimum atomic E-state index is 0. The maximum absolute atomic E-state index is 3.25. The van der Waals surface area contributed by atoms with Crippen LogP contribution in [-0.4, -0.2) is 0 Å². The molecule has 0 aromatic heterocycles. The Bertz CT molecular complexity index is 108. The van der Waals surface area contributed by atoms with E-state index in [0.29, 0.717) is 0 Å². The number of benzene rings is 1. The largest absolute Gasteiger partial charge is 0.245 e. The Morgan fingerprint density at radius 1 is 1.20 bits per heavy atom. The van der Waals surface area contributed by atoms with Gasteiger partial charge in [0.2, 0.25) is 0 Å². The van der Waals surface area contributed by atoms with E-state index in [-0.39, 0.29) is 41.7 Å². The van der Waals surface area contributed by atoms with Crippen molar-refractivity contribution >= 4 is 0 Å². The van der Waals surface area contributed by atoms with Crippen LogP contribution >= 0.6 is 0 Å². The predicted molar refractivity (Wildman–Crippen MR) is 40.8 cm³/mol. The van der Waals surface area contributed by atoms with Crippen molar-refractivity contribution in [1.82, 2.24) is 0 Å². The first kappa shape index (κ1) is 12.8. The van der Waals surface area contributed by atoms with Crippen LogP contribution in [0.5, 0.6) is 0 Å². The monoisotopic (exact) mass is 258 g/mol. The zero-order valence-corrected chi connectivity index (χ0v) is 9.02. The molecule has 0 spiro atoms. The Labute approximate surface area is 96.7 Å². The molecule has 0 aliphatic heterocycles. The van der Waals surface area contributed by atoms with Gasteiger partial charge >= 0.3 is 0 Å². The molecule has 1 aromatic carbocycles. The van der Waals surface area contributed by atoms with Gasteiger partial charge in [0.1, 0.15) is 0 Å². The van der Waals surface area contributed by atoms with E-state index in [9.17, 15) is 0 Å². The summed E-state index contributed by atoms with van der Waals surface area (Å²) in [6.07, 6.45) is 1.50. The normalized spacial score (nSPS) is 6.00. The maximum atomic E-state index is 3.25. The van der Waals surface area contributed by atoms with Crippen molar-refractivity contribution in [3.05, 3.63) is 56.0 Å². The molecular weight excluding hydrogens is 248 g/mol. The van der Waals surface area contributed by atoms with Gasteiger partial charge in [-0.25, -0.2) is 19.6 Å². The van der Waals surface area contributed by atoms with Gasteiger partial charge in [-0.2, -0.15) is 36.4 Å². The van der Waals surface area contributed by atoms with E-state index < -0.39 is 0 Å². The van der Waals surface area contributed by atoms with Gasteiger partial charge in [0.15, 0.2) is 0 Å². The molecule has 1 aromatic rings. The fourth-order valence-corrected chi connectivity index (χ4v) is 0.342. The van der Waals surface area contributed by atoms with Gasteiger partial charge in [-0.15, -0.1) is 0 Å². The summed E-state index contributed by atoms with van der Waals surface area (Å²) in [6.45, 7) is 6.50. The average Bonchev–Trinajstić information content (AvgIpc) is 1.93. The van der Waals surface area contributed by atoms with Crippen LogP contribution in [0.1, 0.15) is 0 Å². The Kier molecular flexibility index (Phi) is 15.3. The molecule has 0 saturated heterocycles. The molecule has 0 aliphatic rings. The third kappa shape index (κ3) is 11.1. The molecule has 0 bridgehead atoms. The van der Waals surface area contributed by atoms with E-state index >= 15 is 0 Å². The molecule has 1 rings (SSSR count). The molecule has 0 nitrogen and oxygen atoms in total. The summed E-state index contributed by atoms with van der Waals surface area (Å²) in [5, 5.41) is 0. The number of allylic oxidation sites excluding steroid dienone is 1. The predicted octanol–water partition coefficient (Wildman–Crippen LogP) is 2.49. The van der Waals surface area contributed by atoms with E-state index in [1.54, 1.807) is 0 Å². The van der Waals surface area contributed by atoms with Gasteiger partial charge in [0.25, 0.3) is 0 Å². The Balaban J connectivity index is 0. The molecule has 0 saturated carbocycles. The van der Waals surface area contributed by atoms with Crippen LogP contribution in [0.4, 0.5) is 0 Å². The average molecular weight is 258 g/mol. The second-order valence-electron chi connectivity index (χ2n) is 1.37. The van der Waals surface area contributed by atoms with E-state index in [0.717, 1.165) is 0 Å². The summed E-state index contributed by atoms with van der Waals surface area (Å²) >= 11 is 0. The van der Waals surface area contributed by atoms with Crippen molar-refractivity contribution in [2.24, 2.45) is 0 Å². The summed E-state index contributed by atoms with van der Waals surface area (Å²) in [4.78, 5) is 0. The number of rotatable bonds is 0. The summed E-state index contributed by atoms with van der Waals surface area (Å²) < 4.78 is 0. The van der Waals surface area contributed by atoms with Gasteiger partial charge in [-0.1, -0.05) is 0 Å². The molecule has 0 heterocycles. The van der Waals surface area contributed by atoms with E-state index in [2.05, 4.69) is 19.6 Å². The third-order valence-corrected chi connectivity index (χ3v) is 0.607. The SMILES string of the molecule is C=C[CH2-].[Ce].[c-]1ccccc1. The number of hydrogen-bond donors (Lipinski definition) is 0.